The van der Waals surface area contributed by atoms with Gasteiger partial charge in [0.25, 0.3) is 0 Å². The first-order valence-electron chi connectivity index (χ1n) is 10.1. The van der Waals surface area contributed by atoms with Gasteiger partial charge in [-0.2, -0.15) is 0 Å². The molecule has 1 saturated carbocycles. The van der Waals surface area contributed by atoms with E-state index in [1.807, 2.05) is 25.1 Å². The first-order valence-corrected chi connectivity index (χ1v) is 11.1. The molecule has 4 heteroatoms. The van der Waals surface area contributed by atoms with Crippen molar-refractivity contribution < 1.29 is 14.3 Å². The van der Waals surface area contributed by atoms with E-state index in [1.165, 1.54) is 19.3 Å². The molecule has 2 aliphatic rings. The topological polar surface area (TPSA) is 43.4 Å². The van der Waals surface area contributed by atoms with Gasteiger partial charge in [-0.3, -0.25) is 9.59 Å². The van der Waals surface area contributed by atoms with Gasteiger partial charge in [0.1, 0.15) is 0 Å². The molecule has 0 N–H and O–H groups in total. The SMILES string of the molecule is CCCCCOC(=O)C(C)c1ccc2c(c1)SC[C@H]1CCCC[C@@H]1C2=O. The fourth-order valence-electron chi connectivity index (χ4n) is 4.07. The molecule has 0 radical (unpaired) electrons. The standard InChI is InChI=1S/C22H30O3S/c1-3-4-7-12-25-22(24)15(2)16-10-11-19-20(13-16)26-14-17-8-5-6-9-18(17)21(19)23/h10-11,13,15,17-18H,3-9,12,14H2,1-2H3/t15?,17-,18+/m1/s1. The number of ether oxygens (including phenoxy) is 1. The Hall–Kier alpha value is -1.29. The molecule has 3 atom stereocenters. The van der Waals surface area contributed by atoms with Gasteiger partial charge in [0.05, 0.1) is 12.5 Å². The molecule has 3 rings (SSSR count). The summed E-state index contributed by atoms with van der Waals surface area (Å²) < 4.78 is 5.41. The molecular weight excluding hydrogens is 344 g/mol. The van der Waals surface area contributed by atoms with Gasteiger partial charge in [-0.1, -0.05) is 38.7 Å². The fourth-order valence-corrected chi connectivity index (χ4v) is 5.40. The van der Waals surface area contributed by atoms with Gasteiger partial charge < -0.3 is 4.74 Å². The summed E-state index contributed by atoms with van der Waals surface area (Å²) in [6, 6.07) is 5.93. The van der Waals surface area contributed by atoms with E-state index in [4.69, 9.17) is 4.74 Å². The molecule has 3 nitrogen and oxygen atoms in total. The maximum Gasteiger partial charge on any atom is 0.313 e. The molecule has 1 unspecified atom stereocenters. The van der Waals surface area contributed by atoms with Gasteiger partial charge >= 0.3 is 5.97 Å². The van der Waals surface area contributed by atoms with Crippen LogP contribution in [0.2, 0.25) is 0 Å². The molecule has 1 aliphatic heterocycles. The second-order valence-electron chi connectivity index (χ2n) is 7.68. The third-order valence-corrected chi connectivity index (χ3v) is 7.06. The Bertz CT molecular complexity index is 655. The summed E-state index contributed by atoms with van der Waals surface area (Å²) in [6.45, 7) is 4.53. The smallest absolute Gasteiger partial charge is 0.313 e. The van der Waals surface area contributed by atoms with Crippen LogP contribution in [0.5, 0.6) is 0 Å². The minimum Gasteiger partial charge on any atom is -0.465 e. The number of thioether (sulfide) groups is 1. The zero-order valence-corrected chi connectivity index (χ0v) is 16.8. The molecule has 1 heterocycles. The largest absolute Gasteiger partial charge is 0.465 e. The Kier molecular flexibility index (Phi) is 6.80. The van der Waals surface area contributed by atoms with Gasteiger partial charge in [-0.05, 0) is 49.8 Å². The van der Waals surface area contributed by atoms with Crippen molar-refractivity contribution in [2.75, 3.05) is 12.4 Å². The summed E-state index contributed by atoms with van der Waals surface area (Å²) in [5, 5.41) is 0. The van der Waals surface area contributed by atoms with E-state index in [1.54, 1.807) is 11.8 Å². The van der Waals surface area contributed by atoms with Gasteiger partial charge in [-0.15, -0.1) is 11.8 Å². The van der Waals surface area contributed by atoms with Crippen LogP contribution >= 0.6 is 11.8 Å². The summed E-state index contributed by atoms with van der Waals surface area (Å²) >= 11 is 1.79. The maximum absolute atomic E-state index is 13.0. The monoisotopic (exact) mass is 374 g/mol. The van der Waals surface area contributed by atoms with Gasteiger partial charge in [0, 0.05) is 22.1 Å². The van der Waals surface area contributed by atoms with Crippen molar-refractivity contribution >= 4 is 23.5 Å². The molecule has 0 amide bonds. The van der Waals surface area contributed by atoms with Crippen LogP contribution in [0.4, 0.5) is 0 Å². The first-order chi connectivity index (χ1) is 12.6. The predicted octanol–water partition coefficient (Wildman–Crippen LogP) is 5.62. The predicted molar refractivity (Wildman–Crippen MR) is 106 cm³/mol. The number of rotatable bonds is 6. The van der Waals surface area contributed by atoms with E-state index < -0.39 is 0 Å². The summed E-state index contributed by atoms with van der Waals surface area (Å²) in [7, 11) is 0. The van der Waals surface area contributed by atoms with Crippen molar-refractivity contribution in [1.29, 1.82) is 0 Å². The van der Waals surface area contributed by atoms with Crippen molar-refractivity contribution in [3.8, 4) is 0 Å². The number of benzene rings is 1. The average Bonchev–Trinajstić information content (AvgIpc) is 2.81. The lowest BCUT2D eigenvalue weighted by atomic mass is 9.76. The summed E-state index contributed by atoms with van der Waals surface area (Å²) in [5.41, 5.74) is 1.81. The van der Waals surface area contributed by atoms with Crippen molar-refractivity contribution in [3.63, 3.8) is 0 Å². The maximum atomic E-state index is 13.0. The first kappa shape index (κ1) is 19.5. The molecule has 0 bridgehead atoms. The van der Waals surface area contributed by atoms with E-state index in [0.29, 0.717) is 18.3 Å². The van der Waals surface area contributed by atoms with E-state index in [-0.39, 0.29) is 17.8 Å². The minimum atomic E-state index is -0.289. The Morgan fingerprint density at radius 3 is 2.88 bits per heavy atom. The molecule has 0 saturated heterocycles. The van der Waals surface area contributed by atoms with Crippen LogP contribution in [0.15, 0.2) is 23.1 Å². The summed E-state index contributed by atoms with van der Waals surface area (Å²) in [6.07, 6.45) is 7.75. The van der Waals surface area contributed by atoms with Crippen LogP contribution in [-0.2, 0) is 9.53 Å². The number of esters is 1. The molecule has 1 fully saturated rings. The van der Waals surface area contributed by atoms with E-state index in [0.717, 1.165) is 47.5 Å². The highest BCUT2D eigenvalue weighted by Crippen LogP contribution is 2.42. The number of unbranched alkanes of at least 4 members (excludes halogenated alkanes) is 2. The Morgan fingerprint density at radius 2 is 2.08 bits per heavy atom. The molecule has 0 spiro atoms. The number of ketones is 1. The number of fused-ring (bicyclic) bond motifs is 2. The molecule has 1 aliphatic carbocycles. The highest BCUT2D eigenvalue weighted by molar-refractivity contribution is 7.99. The molecule has 142 valence electrons. The highest BCUT2D eigenvalue weighted by Gasteiger charge is 2.35. The van der Waals surface area contributed by atoms with Gasteiger partial charge in [0.2, 0.25) is 0 Å². The summed E-state index contributed by atoms with van der Waals surface area (Å²) in [5.74, 6) is 1.59. The number of hydrogen-bond donors (Lipinski definition) is 0. The third-order valence-electron chi connectivity index (χ3n) is 5.82. The third kappa shape index (κ3) is 4.33. The molecule has 1 aromatic carbocycles. The lowest BCUT2D eigenvalue weighted by Gasteiger charge is -2.28. The second-order valence-corrected chi connectivity index (χ2v) is 8.74. The Balaban J connectivity index is 1.71. The van der Waals surface area contributed by atoms with Crippen LogP contribution in [-0.4, -0.2) is 24.1 Å². The van der Waals surface area contributed by atoms with E-state index >= 15 is 0 Å². The average molecular weight is 375 g/mol. The van der Waals surface area contributed by atoms with Crippen LogP contribution in [0.3, 0.4) is 0 Å². The van der Waals surface area contributed by atoms with Crippen molar-refractivity contribution in [2.24, 2.45) is 11.8 Å². The number of Topliss-reactive ketones (excluding diaryl/α,β-unsaturated/α-hetero) is 1. The van der Waals surface area contributed by atoms with Crippen molar-refractivity contribution in [2.45, 2.75) is 69.6 Å². The van der Waals surface area contributed by atoms with Crippen LogP contribution in [0.1, 0.15) is 80.6 Å². The summed E-state index contributed by atoms with van der Waals surface area (Å²) in [4.78, 5) is 26.3. The number of carbonyl (C=O) groups excluding carboxylic acids is 2. The Labute approximate surface area is 161 Å². The molecular formula is C22H30O3S. The molecule has 0 aromatic heterocycles. The number of hydrogen-bond acceptors (Lipinski definition) is 4. The Morgan fingerprint density at radius 1 is 1.27 bits per heavy atom. The number of carbonyl (C=O) groups is 2. The fraction of sp³-hybridized carbons (Fsp3) is 0.636. The zero-order valence-electron chi connectivity index (χ0n) is 16.0. The van der Waals surface area contributed by atoms with Crippen molar-refractivity contribution in [1.82, 2.24) is 0 Å². The lowest BCUT2D eigenvalue weighted by molar-refractivity contribution is -0.145. The van der Waals surface area contributed by atoms with E-state index in [9.17, 15) is 9.59 Å². The van der Waals surface area contributed by atoms with E-state index in [2.05, 4.69) is 6.92 Å². The quantitative estimate of drug-likeness (QED) is 0.479. The van der Waals surface area contributed by atoms with Crippen molar-refractivity contribution in [3.05, 3.63) is 29.3 Å². The molecule has 26 heavy (non-hydrogen) atoms. The molecule has 1 aromatic rings. The zero-order chi connectivity index (χ0) is 18.5. The normalized spacial score (nSPS) is 23.5. The van der Waals surface area contributed by atoms with Gasteiger partial charge in [0.15, 0.2) is 5.78 Å². The van der Waals surface area contributed by atoms with Crippen LogP contribution < -0.4 is 0 Å². The van der Waals surface area contributed by atoms with Crippen LogP contribution in [0, 0.1) is 11.8 Å². The second kappa shape index (κ2) is 9.07. The minimum absolute atomic E-state index is 0.167. The highest BCUT2D eigenvalue weighted by atomic mass is 32.2. The van der Waals surface area contributed by atoms with Crippen LogP contribution in [0.25, 0.3) is 0 Å². The van der Waals surface area contributed by atoms with Gasteiger partial charge in [-0.25, -0.2) is 0 Å². The lowest BCUT2D eigenvalue weighted by Crippen LogP contribution is -2.27.